The van der Waals surface area contributed by atoms with Crippen LogP contribution in [-0.2, 0) is 10.0 Å². The quantitative estimate of drug-likeness (QED) is 0.732. The average Bonchev–Trinajstić information content (AvgIpc) is 2.54. The Hall–Kier alpha value is -1.45. The van der Waals surface area contributed by atoms with Crippen molar-refractivity contribution in [2.75, 3.05) is 75.5 Å². The van der Waals surface area contributed by atoms with E-state index in [0.29, 0.717) is 26.2 Å². The maximum atomic E-state index is 11.6. The molecule has 8 nitrogen and oxygen atoms in total. The van der Waals surface area contributed by atoms with Crippen LogP contribution in [0.4, 0.5) is 11.6 Å². The summed E-state index contributed by atoms with van der Waals surface area (Å²) in [5.74, 6) is 2.62. The molecule has 0 aromatic carbocycles. The number of hydrogen-bond donors (Lipinski definition) is 0. The lowest BCUT2D eigenvalue weighted by atomic mass is 10.3. The number of anilines is 2. The van der Waals surface area contributed by atoms with Crippen molar-refractivity contribution in [1.29, 1.82) is 0 Å². The van der Waals surface area contributed by atoms with E-state index >= 15 is 0 Å². The first kappa shape index (κ1) is 17.4. The first-order valence-electron chi connectivity index (χ1n) is 8.32. The van der Waals surface area contributed by atoms with E-state index in [1.54, 1.807) is 0 Å². The van der Waals surface area contributed by atoms with E-state index in [4.69, 9.17) is 0 Å². The Morgan fingerprint density at radius 1 is 0.875 bits per heavy atom. The molecule has 0 saturated carbocycles. The SMILES string of the molecule is Cc1nc(N2CCN(C)CC2)cc(N2CCN(S(C)(=O)=O)CC2)n1. The molecule has 0 atom stereocenters. The van der Waals surface area contributed by atoms with Crippen LogP contribution in [0.3, 0.4) is 0 Å². The zero-order valence-corrected chi connectivity index (χ0v) is 15.5. The first-order chi connectivity index (χ1) is 11.3. The molecule has 0 aliphatic carbocycles. The van der Waals surface area contributed by atoms with E-state index in [9.17, 15) is 8.42 Å². The zero-order valence-electron chi connectivity index (χ0n) is 14.6. The summed E-state index contributed by atoms with van der Waals surface area (Å²) in [6.45, 7) is 8.24. The van der Waals surface area contributed by atoms with Crippen LogP contribution in [0.15, 0.2) is 6.07 Å². The van der Waals surface area contributed by atoms with Crippen molar-refractivity contribution in [1.82, 2.24) is 19.2 Å². The Labute approximate surface area is 144 Å². The van der Waals surface area contributed by atoms with E-state index in [-0.39, 0.29) is 0 Å². The van der Waals surface area contributed by atoms with Crippen LogP contribution in [0.1, 0.15) is 5.82 Å². The van der Waals surface area contributed by atoms with Crippen molar-refractivity contribution in [3.63, 3.8) is 0 Å². The third kappa shape index (κ3) is 3.96. The van der Waals surface area contributed by atoms with Gasteiger partial charge >= 0.3 is 0 Å². The predicted molar refractivity (Wildman–Crippen MR) is 95.1 cm³/mol. The molecule has 2 aliphatic rings. The maximum absolute atomic E-state index is 11.6. The molecule has 0 unspecified atom stereocenters. The van der Waals surface area contributed by atoms with Gasteiger partial charge in [-0.15, -0.1) is 0 Å². The number of piperazine rings is 2. The number of hydrogen-bond acceptors (Lipinski definition) is 7. The summed E-state index contributed by atoms with van der Waals surface area (Å²) < 4.78 is 24.8. The van der Waals surface area contributed by atoms with Crippen molar-refractivity contribution in [2.45, 2.75) is 6.92 Å². The Morgan fingerprint density at radius 3 is 1.79 bits per heavy atom. The van der Waals surface area contributed by atoms with E-state index in [1.165, 1.54) is 10.6 Å². The molecule has 0 bridgehead atoms. The molecule has 3 heterocycles. The molecule has 9 heteroatoms. The number of nitrogens with zero attached hydrogens (tertiary/aromatic N) is 6. The second kappa shape index (κ2) is 6.81. The van der Waals surface area contributed by atoms with Crippen LogP contribution >= 0.6 is 0 Å². The van der Waals surface area contributed by atoms with Crippen LogP contribution in [0, 0.1) is 6.92 Å². The van der Waals surface area contributed by atoms with Crippen LogP contribution in [0.25, 0.3) is 0 Å². The van der Waals surface area contributed by atoms with Gasteiger partial charge in [0.1, 0.15) is 17.5 Å². The second-order valence-electron chi connectivity index (χ2n) is 6.57. The third-order valence-electron chi connectivity index (χ3n) is 4.67. The molecule has 0 radical (unpaired) electrons. The monoisotopic (exact) mass is 354 g/mol. The molecule has 0 spiro atoms. The maximum Gasteiger partial charge on any atom is 0.211 e. The van der Waals surface area contributed by atoms with Crippen LogP contribution in [-0.4, -0.2) is 93.3 Å². The third-order valence-corrected chi connectivity index (χ3v) is 5.97. The van der Waals surface area contributed by atoms with Gasteiger partial charge in [-0.1, -0.05) is 0 Å². The molecule has 2 fully saturated rings. The molecule has 24 heavy (non-hydrogen) atoms. The molecule has 1 aromatic heterocycles. The number of aromatic nitrogens is 2. The van der Waals surface area contributed by atoms with Gasteiger partial charge in [0.2, 0.25) is 10.0 Å². The molecule has 2 saturated heterocycles. The number of rotatable bonds is 3. The van der Waals surface area contributed by atoms with Gasteiger partial charge in [-0.2, -0.15) is 4.31 Å². The standard InChI is InChI=1S/C15H26N6O2S/c1-13-16-14(19-6-4-18(2)5-7-19)12-15(17-13)20-8-10-21(11-9-20)24(3,22)23/h12H,4-11H2,1-3H3. The number of likely N-dealkylation sites (N-methyl/N-ethyl adjacent to an activating group) is 1. The molecule has 3 rings (SSSR count). The average molecular weight is 354 g/mol. The molecule has 2 aliphatic heterocycles. The minimum absolute atomic E-state index is 0.506. The van der Waals surface area contributed by atoms with Gasteiger partial charge in [-0.05, 0) is 14.0 Å². The van der Waals surface area contributed by atoms with Gasteiger partial charge in [0.25, 0.3) is 0 Å². The second-order valence-corrected chi connectivity index (χ2v) is 8.55. The highest BCUT2D eigenvalue weighted by molar-refractivity contribution is 7.88. The fourth-order valence-corrected chi connectivity index (χ4v) is 3.97. The van der Waals surface area contributed by atoms with Crippen LogP contribution < -0.4 is 9.80 Å². The lowest BCUT2D eigenvalue weighted by molar-refractivity contribution is 0.312. The Bertz CT molecular complexity index is 679. The number of sulfonamides is 1. The highest BCUT2D eigenvalue weighted by Crippen LogP contribution is 2.21. The summed E-state index contributed by atoms with van der Waals surface area (Å²) in [7, 11) is -0.975. The highest BCUT2D eigenvalue weighted by Gasteiger charge is 2.25. The smallest absolute Gasteiger partial charge is 0.211 e. The van der Waals surface area contributed by atoms with E-state index in [1.807, 2.05) is 13.0 Å². The Kier molecular flexibility index (Phi) is 4.93. The van der Waals surface area contributed by atoms with Crippen LogP contribution in [0.2, 0.25) is 0 Å². The van der Waals surface area contributed by atoms with Crippen molar-refractivity contribution in [3.05, 3.63) is 11.9 Å². The summed E-state index contributed by atoms with van der Waals surface area (Å²) in [4.78, 5) is 15.9. The van der Waals surface area contributed by atoms with Gasteiger partial charge in [0, 0.05) is 58.4 Å². The van der Waals surface area contributed by atoms with Gasteiger partial charge in [-0.25, -0.2) is 18.4 Å². The minimum Gasteiger partial charge on any atom is -0.354 e. The normalized spacial score (nSPS) is 21.3. The summed E-state index contributed by atoms with van der Waals surface area (Å²) in [6.07, 6.45) is 1.27. The van der Waals surface area contributed by atoms with Crippen molar-refractivity contribution in [2.24, 2.45) is 0 Å². The topological polar surface area (TPSA) is 72.9 Å². The van der Waals surface area contributed by atoms with E-state index in [2.05, 4.69) is 31.7 Å². The highest BCUT2D eigenvalue weighted by atomic mass is 32.2. The predicted octanol–water partition coefficient (Wildman–Crippen LogP) is -0.382. The van der Waals surface area contributed by atoms with Gasteiger partial charge in [0.15, 0.2) is 0 Å². The van der Waals surface area contributed by atoms with Gasteiger partial charge in [-0.3, -0.25) is 0 Å². The number of aryl methyl sites for hydroxylation is 1. The minimum atomic E-state index is -3.11. The zero-order chi connectivity index (χ0) is 17.3. The summed E-state index contributed by atoms with van der Waals surface area (Å²) in [6, 6.07) is 2.04. The molecular formula is C15H26N6O2S. The molecule has 1 aromatic rings. The largest absolute Gasteiger partial charge is 0.354 e. The Balaban J connectivity index is 1.73. The molecule has 0 N–H and O–H groups in total. The van der Waals surface area contributed by atoms with Crippen molar-refractivity contribution < 1.29 is 8.42 Å². The fraction of sp³-hybridized carbons (Fsp3) is 0.733. The van der Waals surface area contributed by atoms with E-state index in [0.717, 1.165) is 43.6 Å². The lowest BCUT2D eigenvalue weighted by Crippen LogP contribution is -2.49. The molecule has 0 amide bonds. The van der Waals surface area contributed by atoms with Gasteiger partial charge < -0.3 is 14.7 Å². The van der Waals surface area contributed by atoms with Gasteiger partial charge in [0.05, 0.1) is 6.26 Å². The lowest BCUT2D eigenvalue weighted by Gasteiger charge is -2.36. The fourth-order valence-electron chi connectivity index (χ4n) is 3.14. The summed E-state index contributed by atoms with van der Waals surface area (Å²) in [5.41, 5.74) is 0. The van der Waals surface area contributed by atoms with E-state index < -0.39 is 10.0 Å². The summed E-state index contributed by atoms with van der Waals surface area (Å²) in [5, 5.41) is 0. The summed E-state index contributed by atoms with van der Waals surface area (Å²) >= 11 is 0. The van der Waals surface area contributed by atoms with Crippen molar-refractivity contribution >= 4 is 21.7 Å². The van der Waals surface area contributed by atoms with Crippen molar-refractivity contribution in [3.8, 4) is 0 Å². The molecule has 134 valence electrons. The Morgan fingerprint density at radius 2 is 1.33 bits per heavy atom. The van der Waals surface area contributed by atoms with Crippen LogP contribution in [0.5, 0.6) is 0 Å². The molecular weight excluding hydrogens is 328 g/mol. The first-order valence-corrected chi connectivity index (χ1v) is 10.2.